The molecule has 0 unspecified atom stereocenters. The number of nitrogens with zero attached hydrogens (tertiary/aromatic N) is 3. The van der Waals surface area contributed by atoms with Crippen molar-refractivity contribution < 1.29 is 4.79 Å². The van der Waals surface area contributed by atoms with E-state index in [4.69, 9.17) is 5.73 Å². The zero-order valence-corrected chi connectivity index (χ0v) is 15.4. The lowest BCUT2D eigenvalue weighted by Crippen LogP contribution is -2.39. The van der Waals surface area contributed by atoms with Crippen LogP contribution in [0.1, 0.15) is 44.9 Å². The van der Waals surface area contributed by atoms with Crippen LogP contribution in [0.2, 0.25) is 0 Å². The maximum absolute atomic E-state index is 12.1. The second-order valence-corrected chi connectivity index (χ2v) is 6.01. The summed E-state index contributed by atoms with van der Waals surface area (Å²) in [5.41, 5.74) is 5.47. The van der Waals surface area contributed by atoms with Gasteiger partial charge in [0, 0.05) is 38.4 Å². The van der Waals surface area contributed by atoms with E-state index in [-0.39, 0.29) is 24.8 Å². The Morgan fingerprint density at radius 1 is 1.13 bits per heavy atom. The minimum Gasteiger partial charge on any atom is -0.343 e. The van der Waals surface area contributed by atoms with Gasteiger partial charge in [-0.2, -0.15) is 5.10 Å². The first-order valence-corrected chi connectivity index (χ1v) is 8.25. The fraction of sp³-hybridized carbons (Fsp3) is 0.750. The van der Waals surface area contributed by atoms with E-state index in [1.165, 1.54) is 0 Å². The number of hydrogen-bond donors (Lipinski definition) is 1. The molecule has 1 aromatic rings. The molecule has 1 aliphatic heterocycles. The van der Waals surface area contributed by atoms with Gasteiger partial charge in [0.2, 0.25) is 5.91 Å². The standard InChI is InChI=1S/C16H28N4O.2ClH/c17-9-4-2-1-3-6-16(21)19-12-7-15(8-13-19)14-20-11-5-10-18-20;;/h5,10-11,15H,1-4,6-9,12-14,17H2;2*1H. The van der Waals surface area contributed by atoms with Gasteiger partial charge in [-0.15, -0.1) is 24.8 Å². The van der Waals surface area contributed by atoms with E-state index < -0.39 is 0 Å². The highest BCUT2D eigenvalue weighted by molar-refractivity contribution is 5.85. The summed E-state index contributed by atoms with van der Waals surface area (Å²) in [6.45, 7) is 3.56. The van der Waals surface area contributed by atoms with E-state index in [0.717, 1.165) is 64.7 Å². The van der Waals surface area contributed by atoms with Crippen molar-refractivity contribution in [2.75, 3.05) is 19.6 Å². The lowest BCUT2D eigenvalue weighted by atomic mass is 9.96. The van der Waals surface area contributed by atoms with Crippen LogP contribution in [0.25, 0.3) is 0 Å². The summed E-state index contributed by atoms with van der Waals surface area (Å²) in [5.74, 6) is 0.985. The smallest absolute Gasteiger partial charge is 0.222 e. The monoisotopic (exact) mass is 364 g/mol. The average Bonchev–Trinajstić information content (AvgIpc) is 3.00. The van der Waals surface area contributed by atoms with E-state index in [2.05, 4.69) is 5.10 Å². The lowest BCUT2D eigenvalue weighted by Gasteiger charge is -2.32. The summed E-state index contributed by atoms with van der Waals surface area (Å²) in [6.07, 6.45) is 11.1. The van der Waals surface area contributed by atoms with Crippen molar-refractivity contribution in [3.8, 4) is 0 Å². The summed E-state index contributed by atoms with van der Waals surface area (Å²) in [6, 6.07) is 1.96. The molecular formula is C16H30Cl2N4O. The van der Waals surface area contributed by atoms with Crippen LogP contribution >= 0.6 is 24.8 Å². The number of carbonyl (C=O) groups is 1. The fourth-order valence-corrected chi connectivity index (χ4v) is 2.97. The maximum Gasteiger partial charge on any atom is 0.222 e. The number of aromatic nitrogens is 2. The molecule has 134 valence electrons. The van der Waals surface area contributed by atoms with Crippen LogP contribution < -0.4 is 5.73 Å². The Labute approximate surface area is 151 Å². The third-order valence-corrected chi connectivity index (χ3v) is 4.32. The van der Waals surface area contributed by atoms with Gasteiger partial charge in [-0.1, -0.05) is 12.8 Å². The quantitative estimate of drug-likeness (QED) is 0.721. The lowest BCUT2D eigenvalue weighted by molar-refractivity contribution is -0.132. The second kappa shape index (κ2) is 12.6. The molecule has 1 aromatic heterocycles. The third kappa shape index (κ3) is 8.04. The number of unbranched alkanes of at least 4 members (excludes halogenated alkanes) is 3. The number of halogens is 2. The van der Waals surface area contributed by atoms with Crippen molar-refractivity contribution in [2.45, 2.75) is 51.5 Å². The van der Waals surface area contributed by atoms with Gasteiger partial charge in [-0.25, -0.2) is 0 Å². The minimum absolute atomic E-state index is 0. The normalized spacial score (nSPS) is 14.9. The van der Waals surface area contributed by atoms with Crippen molar-refractivity contribution in [2.24, 2.45) is 11.7 Å². The number of carbonyl (C=O) groups excluding carboxylic acids is 1. The van der Waals surface area contributed by atoms with Crippen LogP contribution in [0.15, 0.2) is 18.5 Å². The Kier molecular flexibility index (Phi) is 12.2. The van der Waals surface area contributed by atoms with Gasteiger partial charge in [-0.05, 0) is 44.2 Å². The Bertz CT molecular complexity index is 406. The fourth-order valence-electron chi connectivity index (χ4n) is 2.97. The third-order valence-electron chi connectivity index (χ3n) is 4.32. The highest BCUT2D eigenvalue weighted by Gasteiger charge is 2.22. The van der Waals surface area contributed by atoms with Gasteiger partial charge in [-0.3, -0.25) is 9.48 Å². The predicted octanol–water partition coefficient (Wildman–Crippen LogP) is 2.87. The van der Waals surface area contributed by atoms with Crippen LogP contribution in [-0.2, 0) is 11.3 Å². The van der Waals surface area contributed by atoms with Gasteiger partial charge in [0.25, 0.3) is 0 Å². The summed E-state index contributed by atoms with van der Waals surface area (Å²) >= 11 is 0. The SMILES string of the molecule is Cl.Cl.NCCCCCCC(=O)N1CCC(Cn2cccn2)CC1. The summed E-state index contributed by atoms with van der Waals surface area (Å²) in [5, 5.41) is 4.26. The number of hydrogen-bond acceptors (Lipinski definition) is 3. The highest BCUT2D eigenvalue weighted by atomic mass is 35.5. The Morgan fingerprint density at radius 2 is 1.83 bits per heavy atom. The van der Waals surface area contributed by atoms with Crippen LogP contribution in [0.4, 0.5) is 0 Å². The van der Waals surface area contributed by atoms with Crippen LogP contribution in [0.5, 0.6) is 0 Å². The predicted molar refractivity (Wildman–Crippen MR) is 98.2 cm³/mol. The molecular weight excluding hydrogens is 335 g/mol. The molecule has 1 fully saturated rings. The van der Waals surface area contributed by atoms with Crippen LogP contribution in [0, 0.1) is 5.92 Å². The zero-order valence-electron chi connectivity index (χ0n) is 13.7. The molecule has 0 spiro atoms. The molecule has 5 nitrogen and oxygen atoms in total. The number of piperidine rings is 1. The van der Waals surface area contributed by atoms with E-state index in [9.17, 15) is 4.79 Å². The molecule has 2 rings (SSSR count). The van der Waals surface area contributed by atoms with Gasteiger partial charge < -0.3 is 10.6 Å². The maximum atomic E-state index is 12.1. The molecule has 0 bridgehead atoms. The second-order valence-electron chi connectivity index (χ2n) is 6.01. The first kappa shape index (κ1) is 22.2. The molecule has 0 aromatic carbocycles. The Morgan fingerprint density at radius 3 is 2.43 bits per heavy atom. The van der Waals surface area contributed by atoms with Crippen molar-refractivity contribution >= 4 is 30.7 Å². The van der Waals surface area contributed by atoms with Crippen molar-refractivity contribution in [1.29, 1.82) is 0 Å². The molecule has 0 aliphatic carbocycles. The Hall–Kier alpha value is -0.780. The molecule has 0 atom stereocenters. The molecule has 1 amide bonds. The van der Waals surface area contributed by atoms with Crippen molar-refractivity contribution in [1.82, 2.24) is 14.7 Å². The van der Waals surface area contributed by atoms with Gasteiger partial charge in [0.15, 0.2) is 0 Å². The molecule has 2 heterocycles. The van der Waals surface area contributed by atoms with E-state index in [0.29, 0.717) is 18.2 Å². The molecule has 1 saturated heterocycles. The van der Waals surface area contributed by atoms with Gasteiger partial charge >= 0.3 is 0 Å². The first-order chi connectivity index (χ1) is 10.3. The average molecular weight is 365 g/mol. The Balaban J connectivity index is 0.00000242. The van der Waals surface area contributed by atoms with Crippen LogP contribution in [-0.4, -0.2) is 40.2 Å². The highest BCUT2D eigenvalue weighted by Crippen LogP contribution is 2.20. The topological polar surface area (TPSA) is 64.2 Å². The summed E-state index contributed by atoms with van der Waals surface area (Å²) in [7, 11) is 0. The van der Waals surface area contributed by atoms with Gasteiger partial charge in [0.05, 0.1) is 0 Å². The minimum atomic E-state index is 0. The van der Waals surface area contributed by atoms with Crippen molar-refractivity contribution in [3.05, 3.63) is 18.5 Å². The van der Waals surface area contributed by atoms with Gasteiger partial charge in [0.1, 0.15) is 0 Å². The number of rotatable bonds is 8. The molecule has 0 radical (unpaired) electrons. The van der Waals surface area contributed by atoms with Crippen molar-refractivity contribution in [3.63, 3.8) is 0 Å². The molecule has 7 heteroatoms. The number of amides is 1. The summed E-state index contributed by atoms with van der Waals surface area (Å²) in [4.78, 5) is 14.2. The molecule has 1 aliphatic rings. The first-order valence-electron chi connectivity index (χ1n) is 8.25. The largest absolute Gasteiger partial charge is 0.343 e. The van der Waals surface area contributed by atoms with E-state index in [1.54, 1.807) is 0 Å². The van der Waals surface area contributed by atoms with E-state index in [1.807, 2.05) is 28.0 Å². The number of likely N-dealkylation sites (tertiary alicyclic amines) is 1. The van der Waals surface area contributed by atoms with E-state index >= 15 is 0 Å². The summed E-state index contributed by atoms with van der Waals surface area (Å²) < 4.78 is 2.00. The zero-order chi connectivity index (χ0) is 14.9. The van der Waals surface area contributed by atoms with Crippen LogP contribution in [0.3, 0.4) is 0 Å². The number of nitrogens with two attached hydrogens (primary N) is 1. The molecule has 2 N–H and O–H groups in total. The molecule has 23 heavy (non-hydrogen) atoms. The molecule has 0 saturated carbocycles.